The number of esters is 1. The second-order valence-corrected chi connectivity index (χ2v) is 24.2. The molecular weight excluding hydrogens is 1560 g/mol. The topological polar surface area (TPSA) is 371 Å². The van der Waals surface area contributed by atoms with Gasteiger partial charge in [-0.3, -0.25) is 14.4 Å². The van der Waals surface area contributed by atoms with Crippen molar-refractivity contribution in [3.05, 3.63) is 23.3 Å². The SMILES string of the molecule is C#CC#CC#CC#CC#CC#CC#CC#CC#CC#CC#CC#CC#CC#CC#CC#CC#CC#CC#CC#CC#CC#CC.CC[C@@H]1/C=C(\C)[C@@H](O)[C@H](C)C[C@H](OC)[C@H]2O[C@@](O)(C(=O)C(=O)N3CCCC[C@H]3C(=O)O[C@H](/C(C)=C/[C@@H]3CC[C@@H](OCCO)[C@H](OC)C3)[C@H](C)[C@@H](O)CC1=O)[C@H](C)C[C@@H]2OC.OOOOOOONOOOOOOO.[HH].[HH].[HH].[HH].[HH].[HH].[HH].[HH].[HH].[HH].[HH].[HH].[HH].[HH].[HH].[HH].[HH].[HH].[HH].[HH].[HH].[HH].[HH].[HH].[HH].[HH].[HH].[HH].[HH].[HH].[HH].[HH].[HH].[HH]. The van der Waals surface area contributed by atoms with Gasteiger partial charge in [-0.15, -0.1) is 6.42 Å². The van der Waals surface area contributed by atoms with Gasteiger partial charge in [0.15, 0.2) is 0 Å². The number of ether oxygens (including phenoxy) is 6. The van der Waals surface area contributed by atoms with E-state index in [0.29, 0.717) is 43.3 Å². The van der Waals surface area contributed by atoms with Crippen molar-refractivity contribution < 1.29 is 187 Å². The molecule has 3 fully saturated rings. The number of rotatable bonds is 21. The van der Waals surface area contributed by atoms with Crippen LogP contribution >= 0.6 is 0 Å². The van der Waals surface area contributed by atoms with Crippen LogP contribution in [0.4, 0.5) is 0 Å². The quantitative estimate of drug-likeness (QED) is 0.0107. The number of allylic oxidation sites excluding steroid dienone is 2. The lowest BCUT2D eigenvalue weighted by atomic mass is 9.81. The summed E-state index contributed by atoms with van der Waals surface area (Å²) in [6.07, 6.45) is 6.37. The van der Waals surface area contributed by atoms with Gasteiger partial charge in [0.05, 0.1) is 49.8 Å². The van der Waals surface area contributed by atoms with Crippen molar-refractivity contribution in [3.63, 3.8) is 0 Å². The van der Waals surface area contributed by atoms with E-state index < -0.39 is 89.8 Å². The van der Waals surface area contributed by atoms with E-state index in [1.807, 2.05) is 26.8 Å². The number of carbonyl (C=O) groups is 4. The Labute approximate surface area is 748 Å². The van der Waals surface area contributed by atoms with Crippen LogP contribution in [-0.2, 0) is 108 Å². The Bertz CT molecular complexity index is 5160. The fourth-order valence-corrected chi connectivity index (χ4v) is 11.1. The summed E-state index contributed by atoms with van der Waals surface area (Å²) in [5.74, 6) is 98.3. The van der Waals surface area contributed by atoms with Gasteiger partial charge in [0.1, 0.15) is 24.0 Å². The third-order valence-electron chi connectivity index (χ3n) is 16.6. The molecule has 4 rings (SSSR count). The number of hydrogen-bond acceptors (Lipinski definition) is 29. The molecule has 2 saturated heterocycles. The Morgan fingerprint density at radius 1 is 0.583 bits per heavy atom. The number of nitrogens with one attached hydrogen (secondary N) is 1. The number of terminal acetylenes is 1. The average Bonchev–Trinajstić information content (AvgIpc) is 0.771. The highest BCUT2D eigenvalue weighted by Crippen LogP contribution is 2.40. The first-order chi connectivity index (χ1) is 58.3. The number of cyclic esters (lactones) is 1. The van der Waals surface area contributed by atoms with E-state index in [4.69, 9.17) is 45.4 Å². The van der Waals surface area contributed by atoms with Crippen LogP contribution in [0.15, 0.2) is 23.3 Å². The Morgan fingerprint density at radius 3 is 1.42 bits per heavy atom. The molecule has 7 N–H and O–H groups in total. The summed E-state index contributed by atoms with van der Waals surface area (Å²) in [6.45, 7) is 12.4. The number of fused-ring (bicyclic) bond motifs is 3. The van der Waals surface area contributed by atoms with Crippen LogP contribution < -0.4 is 5.64 Å². The second kappa shape index (κ2) is 66.2. The molecule has 0 radical (unpaired) electrons. The number of methoxy groups -OCH3 is 3. The maximum Gasteiger partial charge on any atom is 0.329 e. The summed E-state index contributed by atoms with van der Waals surface area (Å²) in [7, 11) is 4.55. The lowest BCUT2D eigenvalue weighted by Gasteiger charge is -2.47. The highest BCUT2D eigenvalue weighted by atomic mass is 17.9. The van der Waals surface area contributed by atoms with Gasteiger partial charge in [-0.2, -0.15) is 0 Å². The number of piperidine rings is 1. The van der Waals surface area contributed by atoms with Crippen LogP contribution in [0.3, 0.4) is 0 Å². The molecule has 3 aliphatic heterocycles. The van der Waals surface area contributed by atoms with Gasteiger partial charge >= 0.3 is 5.97 Å². The zero-order chi connectivity index (χ0) is 88.1. The fourth-order valence-electron chi connectivity index (χ4n) is 11.1. The third kappa shape index (κ3) is 43.4. The average molecular weight is 1710 g/mol. The van der Waals surface area contributed by atoms with Crippen LogP contribution in [0.5, 0.6) is 0 Å². The van der Waals surface area contributed by atoms with Crippen molar-refractivity contribution >= 4 is 23.4 Å². The predicted molar refractivity (Wildman–Crippen MR) is 491 cm³/mol. The zero-order valence-corrected chi connectivity index (χ0v) is 66.6. The number of carbonyl (C=O) groups excluding carboxylic acids is 4. The standard InChI is InChI=1S/C45H73NO14.C45H4.H3NO14.34H2/c1-10-31-20-25(2)39(50)26(3)21-37(56-8)41-38(57-9)22-28(5)45(54,60-41)42(51)43(52)46-16-12-11-13-32(46)44(53)59-40(29(6)33(48)24-34(31)49)27(4)19-30-14-15-35(58-18-17-47)36(23-30)55-7;1-3-5-7-9-11-13-15-17-19-21-23-25-27-29-31-33-35-37-39-41-43-45-44-42-40-38-36-34-32-30-28-26-24-22-20-18-16-14-12-10-8-6-4-2;2-6-10-14-12-8-4-1-5-9-13-15-11-7-3;;;;;;;;;;;;;;;;;;;;;;;;;;;;;;;;;;/h19-20,26,28-33,35-41,47-48,50,54H,10-18,21-24H2,1-9H3;1H,2H3;1-3H;34*1H/b25-20+,27-19+;;;;;;;;;;;;;;;;;;;;;;;;;;;;;;;;;;;;/t26-,28-,29-,30+,31-,32+,33+,35-,36-,37+,38+,39-,40-,41-,45-;;;;;;;;;;;;;;;;;;;;;;;;;;;;;;;;;;;;/m1..................................../s1. The van der Waals surface area contributed by atoms with Gasteiger partial charge in [0, 0.05) is 254 Å². The number of aliphatic hydroxyl groups excluding tert-OH is 3. The van der Waals surface area contributed by atoms with Crippen molar-refractivity contribution in [2.24, 2.45) is 29.6 Å². The van der Waals surface area contributed by atoms with Crippen LogP contribution in [0.25, 0.3) is 0 Å². The third-order valence-corrected chi connectivity index (χ3v) is 16.6. The first-order valence-electron chi connectivity index (χ1n) is 35.7. The minimum atomic E-state index is -2.58. The fraction of sp³-hybridized carbons (Fsp3) is 0.422. The molecule has 3 heterocycles. The van der Waals surface area contributed by atoms with E-state index in [-0.39, 0.29) is 118 Å². The number of hydrogen-bond donors (Lipinski definition) is 7. The monoisotopic (exact) mass is 1710 g/mol. The van der Waals surface area contributed by atoms with Crippen molar-refractivity contribution in [3.8, 4) is 261 Å². The van der Waals surface area contributed by atoms with E-state index >= 15 is 0 Å². The van der Waals surface area contributed by atoms with Gasteiger partial charge in [0.25, 0.3) is 11.7 Å². The Hall–Kier alpha value is -12.9. The van der Waals surface area contributed by atoms with E-state index in [0.717, 1.165) is 11.3 Å². The number of aliphatic hydroxyl groups is 4. The highest BCUT2D eigenvalue weighted by Gasteiger charge is 2.57. The maximum absolute atomic E-state index is 14.4. The van der Waals surface area contributed by atoms with Crippen LogP contribution in [0, 0.1) is 291 Å². The molecule has 0 unspecified atom stereocenters. The molecule has 0 aromatic heterocycles. The molecule has 30 nitrogen and oxygen atoms in total. The Balaban J connectivity index is -0.0000000458. The molecule has 30 heteroatoms. The molecule has 686 valence electrons. The van der Waals surface area contributed by atoms with Crippen molar-refractivity contribution in [1.29, 1.82) is 0 Å². The molecule has 0 aromatic rings. The lowest BCUT2D eigenvalue weighted by molar-refractivity contribution is -0.816. The summed E-state index contributed by atoms with van der Waals surface area (Å²) < 4.78 is 35.7. The normalized spacial score (nSPS) is 23.2. The minimum Gasteiger partial charge on any atom is -0.456 e. The molecule has 1 saturated carbocycles. The smallest absolute Gasteiger partial charge is 0.329 e. The van der Waals surface area contributed by atoms with Crippen molar-refractivity contribution in [2.45, 2.75) is 173 Å². The van der Waals surface area contributed by atoms with Crippen LogP contribution in [0.2, 0.25) is 0 Å². The van der Waals surface area contributed by atoms with Crippen LogP contribution in [0.1, 0.15) is 161 Å². The number of amides is 1. The lowest BCUT2D eigenvalue weighted by Crippen LogP contribution is -2.64. The number of ketones is 2. The highest BCUT2D eigenvalue weighted by molar-refractivity contribution is 6.39. The van der Waals surface area contributed by atoms with Crippen molar-refractivity contribution in [1.82, 2.24) is 10.5 Å². The number of Topliss-reactive ketones (excluding diaryl/α,β-unsaturated/α-hetero) is 2. The van der Waals surface area contributed by atoms with Gasteiger partial charge in [-0.25, -0.2) is 15.3 Å². The second-order valence-electron chi connectivity index (χ2n) is 24.2. The Kier molecular flexibility index (Phi) is 56.9. The van der Waals surface area contributed by atoms with Crippen molar-refractivity contribution in [2.75, 3.05) is 41.1 Å². The maximum atomic E-state index is 14.4. The Morgan fingerprint density at radius 2 is 1.01 bits per heavy atom. The van der Waals surface area contributed by atoms with Gasteiger partial charge in [-0.05, 0) is 252 Å². The van der Waals surface area contributed by atoms with Gasteiger partial charge < -0.3 is 53.7 Å². The van der Waals surface area contributed by atoms with Gasteiger partial charge in [0.2, 0.25) is 5.79 Å². The van der Waals surface area contributed by atoms with E-state index in [2.05, 4.69) is 315 Å². The summed E-state index contributed by atoms with van der Waals surface area (Å²) in [4.78, 5) is 65.3. The summed E-state index contributed by atoms with van der Waals surface area (Å²) in [5, 5.41) is 92.4. The molecule has 120 heavy (non-hydrogen) atoms. The number of nitrogens with zero attached hydrogens (tertiary/aromatic N) is 1. The first kappa shape index (κ1) is 103. The molecule has 15 atom stereocenters. The summed E-state index contributed by atoms with van der Waals surface area (Å²) >= 11 is 0. The minimum absolute atomic E-state index is 0. The van der Waals surface area contributed by atoms with E-state index in [9.17, 15) is 39.6 Å². The predicted octanol–water partition coefficient (Wildman–Crippen LogP) is 11.2. The molecule has 1 aliphatic carbocycles. The molecule has 4 aliphatic rings. The largest absolute Gasteiger partial charge is 0.456 e. The van der Waals surface area contributed by atoms with E-state index in [1.165, 1.54) is 19.9 Å². The van der Waals surface area contributed by atoms with Gasteiger partial charge in [-0.1, -0.05) is 55.7 Å². The molecule has 0 aromatic carbocycles. The van der Waals surface area contributed by atoms with E-state index in [1.54, 1.807) is 40.9 Å². The first-order valence-corrected chi connectivity index (χ1v) is 35.7. The molecule has 1 amide bonds. The zero-order valence-electron chi connectivity index (χ0n) is 66.6. The van der Waals surface area contributed by atoms with Crippen LogP contribution in [-0.4, -0.2) is 161 Å². The summed E-state index contributed by atoms with van der Waals surface area (Å²) in [6, 6.07) is -1.17. The molecular formula is C90H148N2O28. The molecule has 2 bridgehead atoms. The molecule has 0 spiro atoms. The summed E-state index contributed by atoms with van der Waals surface area (Å²) in [5.41, 5.74) is 2.56.